The van der Waals surface area contributed by atoms with Crippen molar-refractivity contribution < 1.29 is 4.79 Å². The normalized spacial score (nSPS) is 24.4. The highest BCUT2D eigenvalue weighted by molar-refractivity contribution is 5.85. The van der Waals surface area contributed by atoms with Crippen molar-refractivity contribution >= 4 is 5.91 Å². The summed E-state index contributed by atoms with van der Waals surface area (Å²) in [5.41, 5.74) is -0.0884. The zero-order chi connectivity index (χ0) is 13.1. The topological polar surface area (TPSA) is 41.1 Å². The summed E-state index contributed by atoms with van der Waals surface area (Å²) in [6.07, 6.45) is 4.72. The van der Waals surface area contributed by atoms with Gasteiger partial charge in [-0.25, -0.2) is 0 Å². The third-order valence-corrected chi connectivity index (χ3v) is 3.73. The molecule has 1 saturated carbocycles. The van der Waals surface area contributed by atoms with E-state index in [4.69, 9.17) is 0 Å². The van der Waals surface area contributed by atoms with Gasteiger partial charge in [0.2, 0.25) is 5.91 Å². The van der Waals surface area contributed by atoms with E-state index in [1.165, 1.54) is 12.8 Å². The molecule has 0 aliphatic heterocycles. The fraction of sp³-hybridized carbons (Fsp3) is 0.929. The van der Waals surface area contributed by atoms with Crippen LogP contribution in [-0.4, -0.2) is 24.0 Å². The smallest absolute Gasteiger partial charge is 0.239 e. The first-order chi connectivity index (χ1) is 7.77. The van der Waals surface area contributed by atoms with Crippen molar-refractivity contribution in [3.05, 3.63) is 0 Å². The Balaban J connectivity index is 2.51. The van der Waals surface area contributed by atoms with Crippen molar-refractivity contribution in [1.29, 1.82) is 0 Å². The second-order valence-corrected chi connectivity index (χ2v) is 6.59. The van der Waals surface area contributed by atoms with Gasteiger partial charge in [0.05, 0.1) is 5.54 Å². The molecule has 0 bridgehead atoms. The van der Waals surface area contributed by atoms with Gasteiger partial charge in [0, 0.05) is 6.04 Å². The highest BCUT2D eigenvalue weighted by Gasteiger charge is 2.32. The minimum Gasteiger partial charge on any atom is -0.352 e. The Bertz CT molecular complexity index is 271. The molecule has 0 radical (unpaired) electrons. The standard InChI is InChI=1S/C14H28N2O/c1-6-15-14(4,5)12(17)16-11-8-7-9-13(2,3)10-11/h11,15H,6-10H2,1-5H3,(H,16,17). The Labute approximate surface area is 106 Å². The third kappa shape index (κ3) is 4.30. The Kier molecular flexibility index (Phi) is 4.59. The monoisotopic (exact) mass is 240 g/mol. The first-order valence-corrected chi connectivity index (χ1v) is 6.83. The number of carbonyl (C=O) groups is 1. The molecule has 0 saturated heterocycles. The van der Waals surface area contributed by atoms with E-state index in [9.17, 15) is 4.79 Å². The summed E-state index contributed by atoms with van der Waals surface area (Å²) in [5, 5.41) is 6.42. The maximum atomic E-state index is 12.2. The average Bonchev–Trinajstić information content (AvgIpc) is 2.15. The summed E-state index contributed by atoms with van der Waals surface area (Å²) in [6, 6.07) is 0.351. The largest absolute Gasteiger partial charge is 0.352 e. The molecule has 3 nitrogen and oxygen atoms in total. The molecular weight excluding hydrogens is 212 g/mol. The van der Waals surface area contributed by atoms with Gasteiger partial charge in [-0.2, -0.15) is 0 Å². The molecule has 1 atom stereocenters. The van der Waals surface area contributed by atoms with Crippen LogP contribution in [0.1, 0.15) is 60.3 Å². The van der Waals surface area contributed by atoms with Crippen LogP contribution in [0.25, 0.3) is 0 Å². The van der Waals surface area contributed by atoms with Gasteiger partial charge in [-0.1, -0.05) is 27.2 Å². The number of hydrogen-bond acceptors (Lipinski definition) is 2. The number of hydrogen-bond donors (Lipinski definition) is 2. The van der Waals surface area contributed by atoms with Crippen LogP contribution in [0.3, 0.4) is 0 Å². The van der Waals surface area contributed by atoms with E-state index < -0.39 is 5.54 Å². The zero-order valence-corrected chi connectivity index (χ0v) is 12.0. The highest BCUT2D eigenvalue weighted by Crippen LogP contribution is 2.35. The van der Waals surface area contributed by atoms with Crippen molar-refractivity contribution in [2.24, 2.45) is 5.41 Å². The Morgan fingerprint density at radius 1 is 1.41 bits per heavy atom. The van der Waals surface area contributed by atoms with Crippen LogP contribution in [0, 0.1) is 5.41 Å². The molecule has 100 valence electrons. The lowest BCUT2D eigenvalue weighted by molar-refractivity contribution is -0.127. The van der Waals surface area contributed by atoms with Gasteiger partial charge in [0.25, 0.3) is 0 Å². The van der Waals surface area contributed by atoms with Gasteiger partial charge in [0.15, 0.2) is 0 Å². The molecule has 0 aromatic heterocycles. The van der Waals surface area contributed by atoms with Gasteiger partial charge >= 0.3 is 0 Å². The minimum absolute atomic E-state index is 0.127. The first kappa shape index (κ1) is 14.5. The fourth-order valence-electron chi connectivity index (χ4n) is 2.71. The lowest BCUT2D eigenvalue weighted by Crippen LogP contribution is -2.55. The zero-order valence-electron chi connectivity index (χ0n) is 12.0. The molecule has 0 aromatic rings. The molecule has 0 spiro atoms. The van der Waals surface area contributed by atoms with Crippen molar-refractivity contribution in [2.45, 2.75) is 71.9 Å². The second-order valence-electron chi connectivity index (χ2n) is 6.59. The predicted molar refractivity (Wildman–Crippen MR) is 71.9 cm³/mol. The average molecular weight is 240 g/mol. The molecule has 2 N–H and O–H groups in total. The van der Waals surface area contributed by atoms with E-state index in [1.807, 2.05) is 20.8 Å². The Morgan fingerprint density at radius 2 is 2.06 bits per heavy atom. The van der Waals surface area contributed by atoms with Gasteiger partial charge in [-0.05, 0) is 45.1 Å². The van der Waals surface area contributed by atoms with Crippen molar-refractivity contribution in [2.75, 3.05) is 6.54 Å². The highest BCUT2D eigenvalue weighted by atomic mass is 16.2. The van der Waals surface area contributed by atoms with E-state index in [0.29, 0.717) is 11.5 Å². The fourth-order valence-corrected chi connectivity index (χ4v) is 2.71. The van der Waals surface area contributed by atoms with E-state index in [0.717, 1.165) is 19.4 Å². The summed E-state index contributed by atoms with van der Waals surface area (Å²) in [7, 11) is 0. The second kappa shape index (κ2) is 5.38. The molecule has 1 rings (SSSR count). The van der Waals surface area contributed by atoms with Crippen LogP contribution in [0.15, 0.2) is 0 Å². The summed E-state index contributed by atoms with van der Waals surface area (Å²) in [5.74, 6) is 0.127. The van der Waals surface area contributed by atoms with Crippen LogP contribution in [-0.2, 0) is 4.79 Å². The molecule has 1 aliphatic carbocycles. The SMILES string of the molecule is CCNC(C)(C)C(=O)NC1CCCC(C)(C)C1. The number of rotatable bonds is 4. The van der Waals surface area contributed by atoms with Crippen molar-refractivity contribution in [3.8, 4) is 0 Å². The molecule has 0 aromatic carbocycles. The van der Waals surface area contributed by atoms with Crippen LogP contribution >= 0.6 is 0 Å². The summed E-state index contributed by atoms with van der Waals surface area (Å²) < 4.78 is 0. The molecule has 0 heterocycles. The molecule has 1 unspecified atom stereocenters. The summed E-state index contributed by atoms with van der Waals surface area (Å²) >= 11 is 0. The molecule has 1 fully saturated rings. The van der Waals surface area contributed by atoms with Crippen LogP contribution in [0.2, 0.25) is 0 Å². The van der Waals surface area contributed by atoms with Gasteiger partial charge in [-0.15, -0.1) is 0 Å². The number of amides is 1. The third-order valence-electron chi connectivity index (χ3n) is 3.73. The van der Waals surface area contributed by atoms with Gasteiger partial charge < -0.3 is 10.6 Å². The predicted octanol–water partition coefficient (Wildman–Crippen LogP) is 2.46. The first-order valence-electron chi connectivity index (χ1n) is 6.83. The lowest BCUT2D eigenvalue weighted by Gasteiger charge is -2.37. The molecule has 17 heavy (non-hydrogen) atoms. The maximum absolute atomic E-state index is 12.2. The van der Waals surface area contributed by atoms with E-state index in [1.54, 1.807) is 0 Å². The number of carbonyl (C=O) groups excluding carboxylic acids is 1. The molecule has 1 aliphatic rings. The maximum Gasteiger partial charge on any atom is 0.239 e. The Hall–Kier alpha value is -0.570. The van der Waals surface area contributed by atoms with Gasteiger partial charge in [0.1, 0.15) is 0 Å². The molecule has 1 amide bonds. The van der Waals surface area contributed by atoms with E-state index >= 15 is 0 Å². The summed E-state index contributed by atoms with van der Waals surface area (Å²) in [4.78, 5) is 12.2. The minimum atomic E-state index is -0.462. The van der Waals surface area contributed by atoms with Crippen LogP contribution < -0.4 is 10.6 Å². The Morgan fingerprint density at radius 3 is 2.59 bits per heavy atom. The van der Waals surface area contributed by atoms with E-state index in [-0.39, 0.29) is 5.91 Å². The number of likely N-dealkylation sites (N-methyl/N-ethyl adjacent to an activating group) is 1. The lowest BCUT2D eigenvalue weighted by atomic mass is 9.75. The molecular formula is C14H28N2O. The summed E-state index contributed by atoms with van der Waals surface area (Å²) in [6.45, 7) is 11.3. The molecule has 3 heteroatoms. The van der Waals surface area contributed by atoms with Crippen molar-refractivity contribution in [3.63, 3.8) is 0 Å². The van der Waals surface area contributed by atoms with E-state index in [2.05, 4.69) is 24.5 Å². The number of nitrogens with one attached hydrogen (secondary N) is 2. The quantitative estimate of drug-likeness (QED) is 0.792. The van der Waals surface area contributed by atoms with Crippen LogP contribution in [0.5, 0.6) is 0 Å². The van der Waals surface area contributed by atoms with Gasteiger partial charge in [-0.3, -0.25) is 4.79 Å². The van der Waals surface area contributed by atoms with Crippen molar-refractivity contribution in [1.82, 2.24) is 10.6 Å². The van der Waals surface area contributed by atoms with Crippen LogP contribution in [0.4, 0.5) is 0 Å².